The molecular weight excluding hydrogens is 438 g/mol. The molecule has 0 aliphatic rings. The van der Waals surface area contributed by atoms with Crippen LogP contribution in [0.5, 0.6) is 5.75 Å². The third-order valence-electron chi connectivity index (χ3n) is 4.63. The van der Waals surface area contributed by atoms with Crippen LogP contribution in [0.4, 0.5) is 14.5 Å². The summed E-state index contributed by atoms with van der Waals surface area (Å²) in [5.41, 5.74) is 0.633. The van der Waals surface area contributed by atoms with Crippen LogP contribution >= 0.6 is 0 Å². The number of para-hydroxylation sites is 1. The number of halogens is 2. The van der Waals surface area contributed by atoms with E-state index in [1.165, 1.54) is 31.3 Å². The number of carbonyl (C=O) groups excluding carboxylic acids is 1. The normalized spacial score (nSPS) is 12.1. The largest absolute Gasteiger partial charge is 0.488 e. The van der Waals surface area contributed by atoms with Crippen molar-refractivity contribution >= 4 is 21.6 Å². The summed E-state index contributed by atoms with van der Waals surface area (Å²) in [5, 5.41) is 2.67. The van der Waals surface area contributed by atoms with Gasteiger partial charge in [0.2, 0.25) is 0 Å². The average Bonchev–Trinajstić information content (AvgIpc) is 2.78. The molecule has 0 fully saturated rings. The van der Waals surface area contributed by atoms with Crippen LogP contribution in [0.2, 0.25) is 0 Å². The molecule has 0 saturated carbocycles. The third kappa shape index (κ3) is 5.42. The van der Waals surface area contributed by atoms with E-state index in [2.05, 4.69) is 5.32 Å². The standard InChI is InChI=1S/C23H22F2N2O4S/c1-16(15-31-22-12-11-18(24)14-21(22)25)26-23(28)17-7-6-10-20(13-17)32(29,30)27(2)19-8-4-3-5-9-19/h3-14,16H,15H2,1-2H3,(H,26,28). The summed E-state index contributed by atoms with van der Waals surface area (Å²) in [4.78, 5) is 12.6. The first-order chi connectivity index (χ1) is 15.2. The number of hydrogen-bond donors (Lipinski definition) is 1. The van der Waals surface area contributed by atoms with E-state index in [4.69, 9.17) is 4.74 Å². The van der Waals surface area contributed by atoms with Gasteiger partial charge in [0.15, 0.2) is 11.6 Å². The van der Waals surface area contributed by atoms with Gasteiger partial charge in [-0.15, -0.1) is 0 Å². The molecule has 9 heteroatoms. The van der Waals surface area contributed by atoms with Gasteiger partial charge in [-0.1, -0.05) is 24.3 Å². The molecular formula is C23H22F2N2O4S. The van der Waals surface area contributed by atoms with Crippen LogP contribution in [0.3, 0.4) is 0 Å². The third-order valence-corrected chi connectivity index (χ3v) is 6.42. The van der Waals surface area contributed by atoms with Gasteiger partial charge in [0, 0.05) is 18.7 Å². The summed E-state index contributed by atoms with van der Waals surface area (Å²) in [6.07, 6.45) is 0. The maximum atomic E-state index is 13.7. The van der Waals surface area contributed by atoms with E-state index >= 15 is 0 Å². The van der Waals surface area contributed by atoms with Gasteiger partial charge in [-0.3, -0.25) is 9.10 Å². The van der Waals surface area contributed by atoms with Crippen LogP contribution in [-0.4, -0.2) is 34.0 Å². The first-order valence-corrected chi connectivity index (χ1v) is 11.2. The summed E-state index contributed by atoms with van der Waals surface area (Å²) in [7, 11) is -2.44. The molecule has 168 valence electrons. The Labute approximate surface area is 185 Å². The number of carbonyl (C=O) groups is 1. The minimum Gasteiger partial charge on any atom is -0.488 e. The maximum Gasteiger partial charge on any atom is 0.264 e. The molecule has 1 amide bonds. The Hall–Kier alpha value is -3.46. The lowest BCUT2D eigenvalue weighted by Crippen LogP contribution is -2.37. The van der Waals surface area contributed by atoms with Crippen molar-refractivity contribution in [3.05, 3.63) is 90.0 Å². The van der Waals surface area contributed by atoms with E-state index < -0.39 is 33.6 Å². The number of anilines is 1. The molecule has 0 aromatic heterocycles. The number of nitrogens with one attached hydrogen (secondary N) is 1. The van der Waals surface area contributed by atoms with Crippen LogP contribution in [0, 0.1) is 11.6 Å². The number of nitrogens with zero attached hydrogens (tertiary/aromatic N) is 1. The molecule has 0 bridgehead atoms. The average molecular weight is 461 g/mol. The van der Waals surface area contributed by atoms with Gasteiger partial charge in [0.1, 0.15) is 12.4 Å². The first kappa shape index (κ1) is 23.2. The molecule has 32 heavy (non-hydrogen) atoms. The summed E-state index contributed by atoms with van der Waals surface area (Å²) < 4.78 is 59.0. The lowest BCUT2D eigenvalue weighted by molar-refractivity contribution is 0.0926. The van der Waals surface area contributed by atoms with Gasteiger partial charge in [0.25, 0.3) is 15.9 Å². The molecule has 0 saturated heterocycles. The number of hydrogen-bond acceptors (Lipinski definition) is 4. The Morgan fingerprint density at radius 2 is 1.75 bits per heavy atom. The number of rotatable bonds is 8. The molecule has 3 aromatic rings. The van der Waals surface area contributed by atoms with Crippen LogP contribution in [0.15, 0.2) is 77.7 Å². The lowest BCUT2D eigenvalue weighted by Gasteiger charge is -2.20. The Bertz CT molecular complexity index is 1200. The Kier molecular flexibility index (Phi) is 7.09. The van der Waals surface area contributed by atoms with Crippen LogP contribution in [0.25, 0.3) is 0 Å². The van der Waals surface area contributed by atoms with Crippen molar-refractivity contribution < 1.29 is 26.7 Å². The fraction of sp³-hybridized carbons (Fsp3) is 0.174. The van der Waals surface area contributed by atoms with Gasteiger partial charge >= 0.3 is 0 Å². The molecule has 1 unspecified atom stereocenters. The number of sulfonamides is 1. The summed E-state index contributed by atoms with van der Waals surface area (Å²) >= 11 is 0. The molecule has 0 radical (unpaired) electrons. The van der Waals surface area contributed by atoms with E-state index in [0.29, 0.717) is 11.8 Å². The highest BCUT2D eigenvalue weighted by Gasteiger charge is 2.22. The zero-order valence-electron chi connectivity index (χ0n) is 17.5. The Morgan fingerprint density at radius 3 is 2.44 bits per heavy atom. The highest BCUT2D eigenvalue weighted by atomic mass is 32.2. The zero-order valence-corrected chi connectivity index (χ0v) is 18.3. The molecule has 6 nitrogen and oxygen atoms in total. The molecule has 0 aliphatic heterocycles. The van der Waals surface area contributed by atoms with E-state index in [1.54, 1.807) is 37.3 Å². The Morgan fingerprint density at radius 1 is 1.03 bits per heavy atom. The molecule has 3 aromatic carbocycles. The second kappa shape index (κ2) is 9.78. The minimum atomic E-state index is -3.87. The van der Waals surface area contributed by atoms with Crippen LogP contribution in [-0.2, 0) is 10.0 Å². The molecule has 0 aliphatic carbocycles. The Balaban J connectivity index is 1.68. The smallest absolute Gasteiger partial charge is 0.264 e. The van der Waals surface area contributed by atoms with E-state index in [-0.39, 0.29) is 22.8 Å². The SMILES string of the molecule is CC(COc1ccc(F)cc1F)NC(=O)c1cccc(S(=O)(=O)N(C)c2ccccc2)c1. The topological polar surface area (TPSA) is 75.7 Å². The van der Waals surface area contributed by atoms with Gasteiger partial charge in [-0.05, 0) is 49.4 Å². The predicted molar refractivity (Wildman–Crippen MR) is 117 cm³/mol. The van der Waals surface area contributed by atoms with Crippen molar-refractivity contribution in [2.24, 2.45) is 0 Å². The zero-order chi connectivity index (χ0) is 23.3. The number of amides is 1. The minimum absolute atomic E-state index is 0.0335. The fourth-order valence-electron chi connectivity index (χ4n) is 2.89. The quantitative estimate of drug-likeness (QED) is 0.552. The molecule has 3 rings (SSSR count). The van der Waals surface area contributed by atoms with E-state index in [0.717, 1.165) is 16.4 Å². The maximum absolute atomic E-state index is 13.7. The van der Waals surface area contributed by atoms with Crippen molar-refractivity contribution in [3.8, 4) is 5.75 Å². The van der Waals surface area contributed by atoms with Crippen molar-refractivity contribution in [1.82, 2.24) is 5.32 Å². The fourth-order valence-corrected chi connectivity index (χ4v) is 4.13. The highest BCUT2D eigenvalue weighted by molar-refractivity contribution is 7.92. The lowest BCUT2D eigenvalue weighted by atomic mass is 10.2. The van der Waals surface area contributed by atoms with Crippen LogP contribution < -0.4 is 14.4 Å². The summed E-state index contributed by atoms with van der Waals surface area (Å²) in [6.45, 7) is 1.58. The molecule has 0 heterocycles. The van der Waals surface area contributed by atoms with Crippen molar-refractivity contribution in [3.63, 3.8) is 0 Å². The molecule has 1 atom stereocenters. The summed E-state index contributed by atoms with van der Waals surface area (Å²) in [6, 6.07) is 16.7. The second-order valence-electron chi connectivity index (χ2n) is 7.10. The number of ether oxygens (including phenoxy) is 1. The van der Waals surface area contributed by atoms with Gasteiger partial charge < -0.3 is 10.1 Å². The predicted octanol–water partition coefficient (Wildman–Crippen LogP) is 3.99. The summed E-state index contributed by atoms with van der Waals surface area (Å²) in [5.74, 6) is -2.21. The number of benzene rings is 3. The first-order valence-electron chi connectivity index (χ1n) is 9.71. The highest BCUT2D eigenvalue weighted by Crippen LogP contribution is 2.22. The van der Waals surface area contributed by atoms with Gasteiger partial charge in [-0.2, -0.15) is 0 Å². The van der Waals surface area contributed by atoms with Gasteiger partial charge in [-0.25, -0.2) is 17.2 Å². The van der Waals surface area contributed by atoms with E-state index in [9.17, 15) is 22.0 Å². The van der Waals surface area contributed by atoms with Crippen molar-refractivity contribution in [2.75, 3.05) is 18.0 Å². The van der Waals surface area contributed by atoms with Crippen molar-refractivity contribution in [2.45, 2.75) is 17.9 Å². The van der Waals surface area contributed by atoms with Crippen molar-refractivity contribution in [1.29, 1.82) is 0 Å². The molecule has 1 N–H and O–H groups in total. The molecule has 0 spiro atoms. The second-order valence-corrected chi connectivity index (χ2v) is 9.07. The monoisotopic (exact) mass is 460 g/mol. The van der Waals surface area contributed by atoms with E-state index in [1.807, 2.05) is 0 Å². The van der Waals surface area contributed by atoms with Crippen LogP contribution in [0.1, 0.15) is 17.3 Å². The van der Waals surface area contributed by atoms with Gasteiger partial charge in [0.05, 0.1) is 16.6 Å².